The van der Waals surface area contributed by atoms with E-state index in [0.717, 1.165) is 37.8 Å². The molecular weight excluding hydrogens is 166 g/mol. The van der Waals surface area contributed by atoms with Crippen molar-refractivity contribution in [1.82, 2.24) is 9.97 Å². The molecule has 1 fully saturated rings. The summed E-state index contributed by atoms with van der Waals surface area (Å²) in [6.07, 6.45) is 1.61. The highest BCUT2D eigenvalue weighted by molar-refractivity contribution is 5.38. The number of nitrogens with zero attached hydrogens (tertiary/aromatic N) is 3. The topological polar surface area (TPSA) is 38.2 Å². The van der Waals surface area contributed by atoms with E-state index in [0.29, 0.717) is 0 Å². The maximum Gasteiger partial charge on any atom is 0.132 e. The number of hydrogen-bond donors (Lipinski definition) is 0. The van der Waals surface area contributed by atoms with Crippen LogP contribution in [-0.4, -0.2) is 36.3 Å². The number of ether oxygens (including phenoxy) is 1. The summed E-state index contributed by atoms with van der Waals surface area (Å²) >= 11 is 0. The molecule has 1 saturated heterocycles. The Kier molecular flexibility index (Phi) is 2.40. The Morgan fingerprint density at radius 1 is 1.31 bits per heavy atom. The van der Waals surface area contributed by atoms with Gasteiger partial charge in [-0.15, -0.1) is 0 Å². The molecule has 0 aliphatic carbocycles. The zero-order valence-electron chi connectivity index (χ0n) is 7.73. The molecule has 0 N–H and O–H groups in total. The van der Waals surface area contributed by atoms with Crippen molar-refractivity contribution in [2.45, 2.75) is 6.92 Å². The second-order valence-corrected chi connectivity index (χ2v) is 3.12. The number of anilines is 1. The first-order valence-corrected chi connectivity index (χ1v) is 4.47. The predicted octanol–water partition coefficient (Wildman–Crippen LogP) is 0.622. The van der Waals surface area contributed by atoms with E-state index in [4.69, 9.17) is 4.74 Å². The van der Waals surface area contributed by atoms with Crippen molar-refractivity contribution in [3.05, 3.63) is 18.1 Å². The summed E-state index contributed by atoms with van der Waals surface area (Å²) in [5.74, 6) is 1.01. The van der Waals surface area contributed by atoms with Gasteiger partial charge in [0.15, 0.2) is 0 Å². The first-order valence-electron chi connectivity index (χ1n) is 4.47. The van der Waals surface area contributed by atoms with E-state index >= 15 is 0 Å². The van der Waals surface area contributed by atoms with Crippen molar-refractivity contribution in [3.63, 3.8) is 0 Å². The summed E-state index contributed by atoms with van der Waals surface area (Å²) in [4.78, 5) is 10.5. The third-order valence-electron chi connectivity index (χ3n) is 2.12. The molecule has 0 atom stereocenters. The van der Waals surface area contributed by atoms with Gasteiger partial charge in [-0.1, -0.05) is 0 Å². The lowest BCUT2D eigenvalue weighted by Crippen LogP contribution is -2.36. The molecule has 70 valence electrons. The standard InChI is InChI=1S/C9H13N3O/c1-8-6-9(11-7-10-8)12-2-4-13-5-3-12/h6-7H,2-5H2,1H3. The third-order valence-corrected chi connectivity index (χ3v) is 2.12. The molecule has 1 aromatic rings. The summed E-state index contributed by atoms with van der Waals surface area (Å²) in [5, 5.41) is 0. The molecule has 0 aromatic carbocycles. The highest BCUT2D eigenvalue weighted by Gasteiger charge is 2.11. The average Bonchev–Trinajstić information content (AvgIpc) is 2.19. The molecule has 1 aliphatic heterocycles. The Hall–Kier alpha value is -1.16. The van der Waals surface area contributed by atoms with Crippen LogP contribution in [0, 0.1) is 6.92 Å². The molecule has 0 radical (unpaired) electrons. The minimum atomic E-state index is 0.795. The maximum atomic E-state index is 5.27. The molecule has 0 unspecified atom stereocenters. The van der Waals surface area contributed by atoms with Crippen LogP contribution in [0.15, 0.2) is 12.4 Å². The third kappa shape index (κ3) is 1.95. The van der Waals surface area contributed by atoms with E-state index < -0.39 is 0 Å². The van der Waals surface area contributed by atoms with E-state index in [1.165, 1.54) is 0 Å². The molecular formula is C9H13N3O. The van der Waals surface area contributed by atoms with Crippen molar-refractivity contribution in [3.8, 4) is 0 Å². The zero-order chi connectivity index (χ0) is 9.10. The minimum Gasteiger partial charge on any atom is -0.378 e. The Balaban J connectivity index is 2.14. The number of morpholine rings is 1. The zero-order valence-corrected chi connectivity index (χ0v) is 7.73. The fourth-order valence-corrected chi connectivity index (χ4v) is 1.41. The highest BCUT2D eigenvalue weighted by Crippen LogP contribution is 2.11. The molecule has 2 heterocycles. The number of rotatable bonds is 1. The first kappa shape index (κ1) is 8.44. The van der Waals surface area contributed by atoms with Gasteiger partial charge in [-0.05, 0) is 6.92 Å². The van der Waals surface area contributed by atoms with Crippen molar-refractivity contribution in [2.24, 2.45) is 0 Å². The van der Waals surface area contributed by atoms with Crippen LogP contribution in [0.1, 0.15) is 5.69 Å². The Morgan fingerprint density at radius 3 is 2.77 bits per heavy atom. The van der Waals surface area contributed by atoms with Gasteiger partial charge in [-0.25, -0.2) is 9.97 Å². The van der Waals surface area contributed by atoms with E-state index in [2.05, 4.69) is 14.9 Å². The van der Waals surface area contributed by atoms with Gasteiger partial charge in [0, 0.05) is 24.8 Å². The van der Waals surface area contributed by atoms with Crippen LogP contribution in [0.3, 0.4) is 0 Å². The SMILES string of the molecule is Cc1cc(N2CCOCC2)ncn1. The molecule has 0 saturated carbocycles. The smallest absolute Gasteiger partial charge is 0.132 e. The van der Waals surface area contributed by atoms with E-state index in [-0.39, 0.29) is 0 Å². The molecule has 1 aliphatic rings. The van der Waals surface area contributed by atoms with Gasteiger partial charge in [0.25, 0.3) is 0 Å². The van der Waals surface area contributed by atoms with Crippen molar-refractivity contribution in [2.75, 3.05) is 31.2 Å². The van der Waals surface area contributed by atoms with Crippen LogP contribution in [0.25, 0.3) is 0 Å². The van der Waals surface area contributed by atoms with Gasteiger partial charge < -0.3 is 9.64 Å². The van der Waals surface area contributed by atoms with E-state index in [1.54, 1.807) is 6.33 Å². The van der Waals surface area contributed by atoms with E-state index in [9.17, 15) is 0 Å². The number of aryl methyl sites for hydroxylation is 1. The van der Waals surface area contributed by atoms with Crippen molar-refractivity contribution >= 4 is 5.82 Å². The van der Waals surface area contributed by atoms with Crippen LogP contribution in [0.5, 0.6) is 0 Å². The summed E-state index contributed by atoms with van der Waals surface area (Å²) in [6, 6.07) is 2.01. The highest BCUT2D eigenvalue weighted by atomic mass is 16.5. The average molecular weight is 179 g/mol. The predicted molar refractivity (Wildman–Crippen MR) is 49.8 cm³/mol. The van der Waals surface area contributed by atoms with Crippen LogP contribution in [-0.2, 0) is 4.74 Å². The lowest BCUT2D eigenvalue weighted by Gasteiger charge is -2.27. The Morgan fingerprint density at radius 2 is 2.08 bits per heavy atom. The maximum absolute atomic E-state index is 5.27. The quantitative estimate of drug-likeness (QED) is 0.633. The summed E-state index contributed by atoms with van der Waals surface area (Å²) in [5.41, 5.74) is 1.01. The fraction of sp³-hybridized carbons (Fsp3) is 0.556. The van der Waals surface area contributed by atoms with Gasteiger partial charge in [0.2, 0.25) is 0 Å². The normalized spacial score (nSPS) is 17.5. The molecule has 4 heteroatoms. The largest absolute Gasteiger partial charge is 0.378 e. The van der Waals surface area contributed by atoms with Crippen LogP contribution < -0.4 is 4.90 Å². The lowest BCUT2D eigenvalue weighted by molar-refractivity contribution is 0.122. The van der Waals surface area contributed by atoms with Gasteiger partial charge in [-0.3, -0.25) is 0 Å². The van der Waals surface area contributed by atoms with Gasteiger partial charge >= 0.3 is 0 Å². The molecule has 4 nitrogen and oxygen atoms in total. The molecule has 0 amide bonds. The van der Waals surface area contributed by atoms with Gasteiger partial charge in [0.05, 0.1) is 13.2 Å². The van der Waals surface area contributed by atoms with Crippen LogP contribution in [0.2, 0.25) is 0 Å². The van der Waals surface area contributed by atoms with Gasteiger partial charge in [-0.2, -0.15) is 0 Å². The number of aromatic nitrogens is 2. The van der Waals surface area contributed by atoms with Crippen LogP contribution in [0.4, 0.5) is 5.82 Å². The van der Waals surface area contributed by atoms with Crippen molar-refractivity contribution < 1.29 is 4.74 Å². The fourth-order valence-electron chi connectivity index (χ4n) is 1.41. The Bertz CT molecular complexity index is 284. The van der Waals surface area contributed by atoms with Crippen LogP contribution >= 0.6 is 0 Å². The number of hydrogen-bond acceptors (Lipinski definition) is 4. The molecule has 13 heavy (non-hydrogen) atoms. The monoisotopic (exact) mass is 179 g/mol. The minimum absolute atomic E-state index is 0.795. The lowest BCUT2D eigenvalue weighted by atomic mass is 10.3. The second kappa shape index (κ2) is 3.70. The van der Waals surface area contributed by atoms with E-state index in [1.807, 2.05) is 13.0 Å². The summed E-state index contributed by atoms with van der Waals surface area (Å²) in [7, 11) is 0. The van der Waals surface area contributed by atoms with Gasteiger partial charge in [0.1, 0.15) is 12.1 Å². The summed E-state index contributed by atoms with van der Waals surface area (Å²) < 4.78 is 5.27. The molecule has 0 bridgehead atoms. The molecule has 1 aromatic heterocycles. The van der Waals surface area contributed by atoms with Crippen molar-refractivity contribution in [1.29, 1.82) is 0 Å². The Labute approximate surface area is 77.6 Å². The second-order valence-electron chi connectivity index (χ2n) is 3.12. The molecule has 0 spiro atoms. The first-order chi connectivity index (χ1) is 6.36. The summed E-state index contributed by atoms with van der Waals surface area (Å²) in [6.45, 7) is 5.42. The molecule has 2 rings (SSSR count).